The summed E-state index contributed by atoms with van der Waals surface area (Å²) in [5.74, 6) is -0.479. The van der Waals surface area contributed by atoms with E-state index in [9.17, 15) is 13.2 Å². The number of carboxylic acid groups (broad SMARTS) is 1. The number of carbonyl (C=O) groups is 1. The topological polar surface area (TPSA) is 74.7 Å². The van der Waals surface area contributed by atoms with E-state index in [1.165, 1.54) is 4.31 Å². The second-order valence-electron chi connectivity index (χ2n) is 5.23. The minimum absolute atomic E-state index is 0.161. The number of halogens is 1. The molecule has 0 aliphatic carbocycles. The highest BCUT2D eigenvalue weighted by molar-refractivity contribution is 14.1. The molecule has 2 rings (SSSR count). The van der Waals surface area contributed by atoms with Gasteiger partial charge in [-0.3, -0.25) is 4.79 Å². The highest BCUT2D eigenvalue weighted by atomic mass is 127. The van der Waals surface area contributed by atoms with Crippen LogP contribution in [0.3, 0.4) is 0 Å². The Hall–Kier alpha value is -0.670. The van der Waals surface area contributed by atoms with Gasteiger partial charge in [0.2, 0.25) is 10.0 Å². The number of nitrogens with zero attached hydrogens (tertiary/aromatic N) is 1. The number of hydrogen-bond donors (Lipinski definition) is 1. The normalized spacial score (nSPS) is 17.8. The van der Waals surface area contributed by atoms with Crippen LogP contribution in [0, 0.1) is 9.49 Å². The maximum atomic E-state index is 12.5. The van der Waals surface area contributed by atoms with E-state index in [0.717, 1.165) is 16.4 Å². The minimum atomic E-state index is -3.42. The van der Waals surface area contributed by atoms with E-state index in [2.05, 4.69) is 22.6 Å². The third kappa shape index (κ3) is 4.40. The van der Waals surface area contributed by atoms with E-state index in [1.807, 2.05) is 0 Å². The molecular weight excluding hydrogens is 405 g/mol. The van der Waals surface area contributed by atoms with Crippen molar-refractivity contribution < 1.29 is 18.3 Å². The monoisotopic (exact) mass is 423 g/mol. The number of carboxylic acids is 1. The van der Waals surface area contributed by atoms with E-state index in [0.29, 0.717) is 30.3 Å². The molecule has 21 heavy (non-hydrogen) atoms. The molecule has 0 aromatic heterocycles. The Morgan fingerprint density at radius 1 is 1.24 bits per heavy atom. The Kier molecular flexibility index (Phi) is 5.61. The summed E-state index contributed by atoms with van der Waals surface area (Å²) < 4.78 is 27.5. The van der Waals surface area contributed by atoms with Crippen LogP contribution in [0.2, 0.25) is 0 Å². The van der Waals surface area contributed by atoms with Crippen LogP contribution in [0.5, 0.6) is 0 Å². The Morgan fingerprint density at radius 3 is 2.33 bits per heavy atom. The zero-order valence-electron chi connectivity index (χ0n) is 11.5. The van der Waals surface area contributed by atoms with Gasteiger partial charge in [-0.1, -0.05) is 0 Å². The molecule has 1 aromatic carbocycles. The summed E-state index contributed by atoms with van der Waals surface area (Å²) in [6.45, 7) is 0.942. The lowest BCUT2D eigenvalue weighted by atomic mass is 9.93. The van der Waals surface area contributed by atoms with Gasteiger partial charge in [0.25, 0.3) is 0 Å². The molecule has 0 bridgehead atoms. The molecule has 0 radical (unpaired) electrons. The summed E-state index contributed by atoms with van der Waals surface area (Å²) in [6.07, 6.45) is 2.26. The number of rotatable bonds is 5. The Balaban J connectivity index is 1.97. The van der Waals surface area contributed by atoms with Gasteiger partial charge >= 0.3 is 5.97 Å². The van der Waals surface area contributed by atoms with Crippen LogP contribution < -0.4 is 0 Å². The van der Waals surface area contributed by atoms with E-state index in [-0.39, 0.29) is 6.42 Å². The number of benzene rings is 1. The lowest BCUT2D eigenvalue weighted by molar-refractivity contribution is -0.137. The fourth-order valence-corrected chi connectivity index (χ4v) is 4.35. The second-order valence-corrected chi connectivity index (χ2v) is 8.42. The van der Waals surface area contributed by atoms with Gasteiger partial charge in [-0.2, -0.15) is 4.31 Å². The predicted molar refractivity (Wildman–Crippen MR) is 87.5 cm³/mol. The van der Waals surface area contributed by atoms with Gasteiger partial charge in [-0.05, 0) is 72.0 Å². The fraction of sp³-hybridized carbons (Fsp3) is 0.500. The van der Waals surface area contributed by atoms with Gasteiger partial charge in [-0.15, -0.1) is 0 Å². The first-order valence-electron chi connectivity index (χ1n) is 6.87. The van der Waals surface area contributed by atoms with E-state index in [4.69, 9.17) is 5.11 Å². The van der Waals surface area contributed by atoms with Gasteiger partial charge in [0.15, 0.2) is 0 Å². The lowest BCUT2D eigenvalue weighted by Gasteiger charge is -2.31. The summed E-state index contributed by atoms with van der Waals surface area (Å²) in [5, 5.41) is 8.69. The molecule has 1 aliphatic rings. The standard InChI is InChI=1S/C14H18INO4S/c15-12-2-4-13(5-3-12)21(19,20)16-9-7-11(8-10-16)1-6-14(17)18/h2-5,11H,1,6-10H2,(H,17,18). The predicted octanol–water partition coefficient (Wildman–Crippen LogP) is 2.56. The van der Waals surface area contributed by atoms with Gasteiger partial charge in [-0.25, -0.2) is 8.42 Å². The molecule has 0 atom stereocenters. The Bertz CT molecular complexity index is 592. The van der Waals surface area contributed by atoms with Crippen LogP contribution in [0.1, 0.15) is 25.7 Å². The van der Waals surface area contributed by atoms with Crippen LogP contribution in [0.4, 0.5) is 0 Å². The second kappa shape index (κ2) is 7.06. The van der Waals surface area contributed by atoms with Crippen molar-refractivity contribution in [2.24, 2.45) is 5.92 Å². The van der Waals surface area contributed by atoms with E-state index in [1.54, 1.807) is 24.3 Å². The SMILES string of the molecule is O=C(O)CCC1CCN(S(=O)(=O)c2ccc(I)cc2)CC1. The molecule has 0 amide bonds. The van der Waals surface area contributed by atoms with Crippen molar-refractivity contribution in [1.29, 1.82) is 0 Å². The van der Waals surface area contributed by atoms with Crippen molar-refractivity contribution in [1.82, 2.24) is 4.31 Å². The zero-order chi connectivity index (χ0) is 15.5. The van der Waals surface area contributed by atoms with Crippen LogP contribution in [-0.2, 0) is 14.8 Å². The molecule has 0 saturated carbocycles. The van der Waals surface area contributed by atoms with Crippen molar-refractivity contribution in [3.05, 3.63) is 27.8 Å². The van der Waals surface area contributed by atoms with Crippen LogP contribution in [0.15, 0.2) is 29.2 Å². The lowest BCUT2D eigenvalue weighted by Crippen LogP contribution is -2.38. The van der Waals surface area contributed by atoms with Crippen molar-refractivity contribution in [2.75, 3.05) is 13.1 Å². The molecule has 7 heteroatoms. The first kappa shape index (κ1) is 16.7. The van der Waals surface area contributed by atoms with Crippen molar-refractivity contribution in [3.8, 4) is 0 Å². The summed E-state index contributed by atoms with van der Waals surface area (Å²) in [4.78, 5) is 10.9. The van der Waals surface area contributed by atoms with Crippen molar-refractivity contribution in [2.45, 2.75) is 30.6 Å². The first-order chi connectivity index (χ1) is 9.89. The molecule has 0 unspecified atom stereocenters. The third-order valence-electron chi connectivity index (χ3n) is 3.79. The number of sulfonamides is 1. The molecule has 1 aliphatic heterocycles. The molecule has 1 heterocycles. The van der Waals surface area contributed by atoms with Crippen molar-refractivity contribution >= 4 is 38.6 Å². The van der Waals surface area contributed by atoms with Gasteiger partial charge < -0.3 is 5.11 Å². The molecule has 1 fully saturated rings. The summed E-state index contributed by atoms with van der Waals surface area (Å²) in [5.41, 5.74) is 0. The van der Waals surface area contributed by atoms with E-state index >= 15 is 0 Å². The average molecular weight is 423 g/mol. The van der Waals surface area contributed by atoms with Crippen molar-refractivity contribution in [3.63, 3.8) is 0 Å². The largest absolute Gasteiger partial charge is 0.481 e. The summed E-state index contributed by atoms with van der Waals surface area (Å²) in [6, 6.07) is 6.83. The third-order valence-corrected chi connectivity index (χ3v) is 6.42. The number of piperidine rings is 1. The van der Waals surface area contributed by atoms with Gasteiger partial charge in [0, 0.05) is 23.1 Å². The molecule has 5 nitrogen and oxygen atoms in total. The number of hydrogen-bond acceptors (Lipinski definition) is 3. The minimum Gasteiger partial charge on any atom is -0.481 e. The number of aliphatic carboxylic acids is 1. The van der Waals surface area contributed by atoms with Gasteiger partial charge in [0.05, 0.1) is 4.90 Å². The quantitative estimate of drug-likeness (QED) is 0.739. The molecule has 1 aromatic rings. The molecular formula is C14H18INO4S. The zero-order valence-corrected chi connectivity index (χ0v) is 14.5. The summed E-state index contributed by atoms with van der Waals surface area (Å²) in [7, 11) is -3.42. The Labute approximate surface area is 138 Å². The van der Waals surface area contributed by atoms with Gasteiger partial charge in [0.1, 0.15) is 0 Å². The highest BCUT2D eigenvalue weighted by Crippen LogP contribution is 2.26. The molecule has 1 N–H and O–H groups in total. The maximum absolute atomic E-state index is 12.5. The average Bonchev–Trinajstić information content (AvgIpc) is 2.46. The summed E-state index contributed by atoms with van der Waals surface area (Å²) >= 11 is 2.14. The van der Waals surface area contributed by atoms with Crippen LogP contribution >= 0.6 is 22.6 Å². The van der Waals surface area contributed by atoms with E-state index < -0.39 is 16.0 Å². The molecule has 0 spiro atoms. The first-order valence-corrected chi connectivity index (χ1v) is 9.39. The van der Waals surface area contributed by atoms with Crippen LogP contribution in [0.25, 0.3) is 0 Å². The highest BCUT2D eigenvalue weighted by Gasteiger charge is 2.29. The maximum Gasteiger partial charge on any atom is 0.303 e. The smallest absolute Gasteiger partial charge is 0.303 e. The van der Waals surface area contributed by atoms with Crippen LogP contribution in [-0.4, -0.2) is 36.9 Å². The fourth-order valence-electron chi connectivity index (χ4n) is 2.52. The molecule has 116 valence electrons. The Morgan fingerprint density at radius 2 is 1.81 bits per heavy atom. The molecule has 1 saturated heterocycles.